The van der Waals surface area contributed by atoms with E-state index < -0.39 is 5.82 Å². The molecular weight excluding hydrogens is 371 g/mol. The first-order valence-electron chi connectivity index (χ1n) is 9.36. The van der Waals surface area contributed by atoms with Gasteiger partial charge >= 0.3 is 6.03 Å². The number of nitrogens with one attached hydrogen (secondary N) is 3. The molecule has 3 rings (SSSR count). The van der Waals surface area contributed by atoms with Crippen LogP contribution in [0.4, 0.5) is 14.9 Å². The smallest absolute Gasteiger partial charge is 0.321 e. The van der Waals surface area contributed by atoms with Crippen LogP contribution >= 0.6 is 12.4 Å². The number of urea groups is 1. The number of likely N-dealkylation sites (tertiary alicyclic amines) is 1. The minimum atomic E-state index is -0.467. The number of anilines is 1. The van der Waals surface area contributed by atoms with E-state index in [9.17, 15) is 14.0 Å². The first-order chi connectivity index (χ1) is 12.5. The monoisotopic (exact) mass is 398 g/mol. The van der Waals surface area contributed by atoms with E-state index in [1.165, 1.54) is 12.1 Å². The lowest BCUT2D eigenvalue weighted by Gasteiger charge is -2.35. The molecule has 3 atom stereocenters. The van der Waals surface area contributed by atoms with E-state index in [4.69, 9.17) is 0 Å². The topological polar surface area (TPSA) is 73.5 Å². The summed E-state index contributed by atoms with van der Waals surface area (Å²) >= 11 is 0. The number of carbonyl (C=O) groups is 2. The van der Waals surface area contributed by atoms with Crippen LogP contribution in [0.1, 0.15) is 26.2 Å². The molecule has 2 heterocycles. The summed E-state index contributed by atoms with van der Waals surface area (Å²) in [5.41, 5.74) is 0.158. The fraction of sp³-hybridized carbons (Fsp3) is 0.579. The van der Waals surface area contributed by atoms with Gasteiger partial charge in [-0.25, -0.2) is 9.18 Å². The Labute approximate surface area is 165 Å². The number of benzene rings is 1. The second kappa shape index (κ2) is 9.90. The molecule has 1 aromatic carbocycles. The van der Waals surface area contributed by atoms with Crippen molar-refractivity contribution < 1.29 is 14.0 Å². The van der Waals surface area contributed by atoms with Crippen LogP contribution in [0.15, 0.2) is 24.3 Å². The SMILES string of the molecule is CC1CCNCC1NC(=O)C1CCCN(C(=O)Nc2ccccc2F)C1.Cl. The fourth-order valence-corrected chi connectivity index (χ4v) is 3.62. The zero-order valence-electron chi connectivity index (χ0n) is 15.5. The normalized spacial score (nSPS) is 25.3. The molecule has 3 amide bonds. The van der Waals surface area contributed by atoms with Gasteiger partial charge in [-0.1, -0.05) is 19.1 Å². The van der Waals surface area contributed by atoms with E-state index in [1.807, 2.05) is 0 Å². The molecule has 3 unspecified atom stereocenters. The summed E-state index contributed by atoms with van der Waals surface area (Å²) in [6.07, 6.45) is 2.58. The van der Waals surface area contributed by atoms with Crippen LogP contribution in [-0.4, -0.2) is 49.1 Å². The maximum absolute atomic E-state index is 13.7. The molecule has 6 nitrogen and oxygen atoms in total. The van der Waals surface area contributed by atoms with E-state index in [1.54, 1.807) is 17.0 Å². The van der Waals surface area contributed by atoms with Crippen molar-refractivity contribution in [2.75, 3.05) is 31.5 Å². The maximum atomic E-state index is 13.7. The van der Waals surface area contributed by atoms with E-state index >= 15 is 0 Å². The highest BCUT2D eigenvalue weighted by atomic mass is 35.5. The average Bonchev–Trinajstić information content (AvgIpc) is 2.65. The van der Waals surface area contributed by atoms with E-state index in [-0.39, 0.29) is 42.0 Å². The third kappa shape index (κ3) is 5.56. The van der Waals surface area contributed by atoms with Crippen molar-refractivity contribution in [3.8, 4) is 0 Å². The van der Waals surface area contributed by atoms with Gasteiger partial charge in [0, 0.05) is 25.7 Å². The summed E-state index contributed by atoms with van der Waals surface area (Å²) in [6, 6.07) is 5.86. The Morgan fingerprint density at radius 2 is 2.04 bits per heavy atom. The zero-order chi connectivity index (χ0) is 18.5. The summed E-state index contributed by atoms with van der Waals surface area (Å²) in [7, 11) is 0. The molecule has 27 heavy (non-hydrogen) atoms. The average molecular weight is 399 g/mol. The number of piperidine rings is 2. The van der Waals surface area contributed by atoms with E-state index in [0.29, 0.717) is 19.0 Å². The number of carbonyl (C=O) groups excluding carboxylic acids is 2. The first kappa shape index (κ1) is 21.4. The Morgan fingerprint density at radius 1 is 1.26 bits per heavy atom. The lowest BCUT2D eigenvalue weighted by Crippen LogP contribution is -2.54. The van der Waals surface area contributed by atoms with Crippen LogP contribution < -0.4 is 16.0 Å². The minimum absolute atomic E-state index is 0. The molecule has 2 saturated heterocycles. The van der Waals surface area contributed by atoms with Gasteiger partial charge in [0.1, 0.15) is 5.82 Å². The number of nitrogens with zero attached hydrogens (tertiary/aromatic N) is 1. The summed E-state index contributed by atoms with van der Waals surface area (Å²) in [6.45, 7) is 4.87. The highest BCUT2D eigenvalue weighted by molar-refractivity contribution is 5.90. The van der Waals surface area contributed by atoms with Crippen LogP contribution in [0.25, 0.3) is 0 Å². The van der Waals surface area contributed by atoms with Crippen molar-refractivity contribution >= 4 is 30.0 Å². The van der Waals surface area contributed by atoms with Gasteiger partial charge in [0.2, 0.25) is 5.91 Å². The Bertz CT molecular complexity index is 660. The molecule has 8 heteroatoms. The molecule has 3 N–H and O–H groups in total. The molecule has 0 bridgehead atoms. The van der Waals surface area contributed by atoms with Gasteiger partial charge < -0.3 is 20.9 Å². The van der Waals surface area contributed by atoms with E-state index in [2.05, 4.69) is 22.9 Å². The summed E-state index contributed by atoms with van der Waals surface area (Å²) < 4.78 is 13.7. The van der Waals surface area contributed by atoms with Crippen molar-refractivity contribution in [2.24, 2.45) is 11.8 Å². The summed E-state index contributed by atoms with van der Waals surface area (Å²) in [5, 5.41) is 9.04. The third-order valence-corrected chi connectivity index (χ3v) is 5.35. The minimum Gasteiger partial charge on any atom is -0.352 e. The van der Waals surface area contributed by atoms with Crippen molar-refractivity contribution in [3.63, 3.8) is 0 Å². The molecule has 150 valence electrons. The van der Waals surface area contributed by atoms with Crippen LogP contribution in [0.5, 0.6) is 0 Å². The van der Waals surface area contributed by atoms with Crippen LogP contribution in [-0.2, 0) is 4.79 Å². The zero-order valence-corrected chi connectivity index (χ0v) is 16.4. The van der Waals surface area contributed by atoms with Crippen molar-refractivity contribution in [1.82, 2.24) is 15.5 Å². The van der Waals surface area contributed by atoms with Gasteiger partial charge in [-0.15, -0.1) is 12.4 Å². The summed E-state index contributed by atoms with van der Waals surface area (Å²) in [5.74, 6) is -0.228. The Hall–Kier alpha value is -1.86. The van der Waals surface area contributed by atoms with Crippen molar-refractivity contribution in [2.45, 2.75) is 32.2 Å². The predicted molar refractivity (Wildman–Crippen MR) is 106 cm³/mol. The largest absolute Gasteiger partial charge is 0.352 e. The predicted octanol–water partition coefficient (Wildman–Crippen LogP) is 2.61. The van der Waals surface area contributed by atoms with Crippen molar-refractivity contribution in [3.05, 3.63) is 30.1 Å². The van der Waals surface area contributed by atoms with E-state index in [0.717, 1.165) is 32.4 Å². The molecule has 0 radical (unpaired) electrons. The second-order valence-corrected chi connectivity index (χ2v) is 7.28. The number of hydrogen-bond acceptors (Lipinski definition) is 3. The van der Waals surface area contributed by atoms with Crippen LogP contribution in [0, 0.1) is 17.7 Å². The van der Waals surface area contributed by atoms with Crippen LogP contribution in [0.2, 0.25) is 0 Å². The number of amides is 3. The third-order valence-electron chi connectivity index (χ3n) is 5.35. The quantitative estimate of drug-likeness (QED) is 0.732. The van der Waals surface area contributed by atoms with Gasteiger partial charge in [-0.2, -0.15) is 0 Å². The Balaban J connectivity index is 0.00000261. The number of halogens is 2. The molecule has 0 aliphatic carbocycles. The van der Waals surface area contributed by atoms with Gasteiger partial charge in [-0.05, 0) is 43.9 Å². The molecule has 0 aromatic heterocycles. The Kier molecular flexibility index (Phi) is 7.86. The number of para-hydroxylation sites is 1. The lowest BCUT2D eigenvalue weighted by molar-refractivity contribution is -0.127. The van der Waals surface area contributed by atoms with Gasteiger partial charge in [0.15, 0.2) is 0 Å². The highest BCUT2D eigenvalue weighted by Crippen LogP contribution is 2.20. The highest BCUT2D eigenvalue weighted by Gasteiger charge is 2.31. The van der Waals surface area contributed by atoms with Crippen molar-refractivity contribution in [1.29, 1.82) is 0 Å². The molecule has 2 fully saturated rings. The number of hydrogen-bond donors (Lipinski definition) is 3. The lowest BCUT2D eigenvalue weighted by atomic mass is 9.92. The fourth-order valence-electron chi connectivity index (χ4n) is 3.62. The number of rotatable bonds is 3. The molecule has 2 aliphatic heterocycles. The van der Waals surface area contributed by atoms with Gasteiger partial charge in [-0.3, -0.25) is 4.79 Å². The molecule has 1 aromatic rings. The summed E-state index contributed by atoms with van der Waals surface area (Å²) in [4.78, 5) is 26.7. The molecule has 0 spiro atoms. The molecule has 0 saturated carbocycles. The first-order valence-corrected chi connectivity index (χ1v) is 9.36. The molecular formula is C19H28ClFN4O2. The van der Waals surface area contributed by atoms with Gasteiger partial charge in [0.05, 0.1) is 11.6 Å². The molecule has 2 aliphatic rings. The second-order valence-electron chi connectivity index (χ2n) is 7.28. The van der Waals surface area contributed by atoms with Gasteiger partial charge in [0.25, 0.3) is 0 Å². The Morgan fingerprint density at radius 3 is 2.78 bits per heavy atom. The van der Waals surface area contributed by atoms with Crippen LogP contribution in [0.3, 0.4) is 0 Å². The maximum Gasteiger partial charge on any atom is 0.321 e. The standard InChI is InChI=1S/C19H27FN4O2.ClH/c1-13-8-9-21-11-17(13)22-18(25)14-5-4-10-24(12-14)19(26)23-16-7-3-2-6-15(16)20;/h2-3,6-7,13-14,17,21H,4-5,8-12H2,1H3,(H,22,25)(H,23,26);1H.